The Morgan fingerprint density at radius 1 is 0.676 bits per heavy atom. The van der Waals surface area contributed by atoms with Crippen molar-refractivity contribution in [2.75, 3.05) is 13.2 Å². The number of hydrogen-bond acceptors (Lipinski definition) is 8. The molecule has 1 aliphatic carbocycles. The number of carbonyl (C=O) groups is 2. The number of aliphatic hydroxyl groups excluding tert-OH is 2. The average molecular weight is 511 g/mol. The molecular formula is C22H26N2O8S2. The summed E-state index contributed by atoms with van der Waals surface area (Å²) in [4.78, 5) is 25.7. The van der Waals surface area contributed by atoms with Crippen molar-refractivity contribution in [1.82, 2.24) is 9.44 Å². The van der Waals surface area contributed by atoms with Crippen LogP contribution < -0.4 is 9.44 Å². The fourth-order valence-electron chi connectivity index (χ4n) is 3.52. The van der Waals surface area contributed by atoms with Crippen molar-refractivity contribution in [3.05, 3.63) is 58.7 Å². The second kappa shape index (κ2) is 10.0. The van der Waals surface area contributed by atoms with Crippen LogP contribution in [-0.4, -0.2) is 63.9 Å². The molecule has 0 unspecified atom stereocenters. The normalized spacial score (nSPS) is 15.5. The van der Waals surface area contributed by atoms with Gasteiger partial charge in [0.1, 0.15) is 0 Å². The predicted molar refractivity (Wildman–Crippen MR) is 123 cm³/mol. The van der Waals surface area contributed by atoms with Gasteiger partial charge in [0.25, 0.3) is 0 Å². The third-order valence-electron chi connectivity index (χ3n) is 5.65. The Balaban J connectivity index is 2.01. The lowest BCUT2D eigenvalue weighted by molar-refractivity contribution is 0.0978. The van der Waals surface area contributed by atoms with Crippen LogP contribution in [0, 0.1) is 0 Å². The molecule has 1 aliphatic rings. The molecule has 184 valence electrons. The van der Waals surface area contributed by atoms with E-state index in [2.05, 4.69) is 9.44 Å². The Morgan fingerprint density at radius 3 is 1.32 bits per heavy atom. The first-order valence-corrected chi connectivity index (χ1v) is 13.6. The van der Waals surface area contributed by atoms with Gasteiger partial charge in [0.2, 0.25) is 20.0 Å². The number of sulfonamides is 2. The zero-order valence-electron chi connectivity index (χ0n) is 18.6. The van der Waals surface area contributed by atoms with Crippen LogP contribution in [0.4, 0.5) is 0 Å². The van der Waals surface area contributed by atoms with Crippen molar-refractivity contribution >= 4 is 31.6 Å². The van der Waals surface area contributed by atoms with E-state index < -0.39 is 56.9 Å². The molecule has 2 atom stereocenters. The van der Waals surface area contributed by atoms with Crippen LogP contribution in [0.5, 0.6) is 0 Å². The molecule has 12 heteroatoms. The molecule has 0 spiro atoms. The van der Waals surface area contributed by atoms with Crippen LogP contribution >= 0.6 is 0 Å². The molecule has 0 radical (unpaired) electrons. The fourth-order valence-corrected chi connectivity index (χ4v) is 6.19. The molecular weight excluding hydrogens is 484 g/mol. The number of nitrogens with one attached hydrogen (secondary N) is 2. The Labute approximate surface area is 198 Å². The van der Waals surface area contributed by atoms with E-state index >= 15 is 0 Å². The average Bonchev–Trinajstić information content (AvgIpc) is 2.83. The maximum Gasteiger partial charge on any atom is 0.240 e. The van der Waals surface area contributed by atoms with Gasteiger partial charge in [0.15, 0.2) is 11.6 Å². The van der Waals surface area contributed by atoms with Crippen LogP contribution in [0.3, 0.4) is 0 Å². The fraction of sp³-hybridized carbons (Fsp3) is 0.364. The number of ketones is 2. The molecule has 2 aromatic rings. The summed E-state index contributed by atoms with van der Waals surface area (Å²) in [5.74, 6) is -1.23. The molecule has 0 amide bonds. The molecule has 0 aromatic heterocycles. The minimum absolute atomic E-state index is 0.0463. The predicted octanol–water partition coefficient (Wildman–Crippen LogP) is 0.560. The zero-order valence-corrected chi connectivity index (χ0v) is 20.2. The Kier molecular flexibility index (Phi) is 7.70. The first kappa shape index (κ1) is 26.1. The first-order valence-electron chi connectivity index (χ1n) is 10.6. The van der Waals surface area contributed by atoms with E-state index in [0.29, 0.717) is 12.8 Å². The molecule has 0 heterocycles. The number of fused-ring (bicyclic) bond motifs is 2. The van der Waals surface area contributed by atoms with Gasteiger partial charge in [-0.25, -0.2) is 26.3 Å². The molecule has 10 nitrogen and oxygen atoms in total. The molecule has 0 fully saturated rings. The van der Waals surface area contributed by atoms with Crippen molar-refractivity contribution in [3.63, 3.8) is 0 Å². The van der Waals surface area contributed by atoms with Gasteiger partial charge in [-0.1, -0.05) is 13.8 Å². The van der Waals surface area contributed by atoms with Crippen LogP contribution in [0.25, 0.3) is 0 Å². The summed E-state index contributed by atoms with van der Waals surface area (Å²) in [6.45, 7) is 2.60. The quantitative estimate of drug-likeness (QED) is 0.307. The minimum atomic E-state index is -4.06. The Morgan fingerprint density at radius 2 is 1.03 bits per heavy atom. The number of hydrogen-bond donors (Lipinski definition) is 4. The van der Waals surface area contributed by atoms with Gasteiger partial charge in [-0.2, -0.15) is 0 Å². The van der Waals surface area contributed by atoms with E-state index in [9.17, 15) is 36.6 Å². The molecule has 0 bridgehead atoms. The van der Waals surface area contributed by atoms with Crippen molar-refractivity contribution in [1.29, 1.82) is 0 Å². The monoisotopic (exact) mass is 510 g/mol. The van der Waals surface area contributed by atoms with E-state index in [-0.39, 0.29) is 32.0 Å². The summed E-state index contributed by atoms with van der Waals surface area (Å²) in [5, 5.41) is 18.6. The van der Waals surface area contributed by atoms with Crippen molar-refractivity contribution < 1.29 is 36.6 Å². The highest BCUT2D eigenvalue weighted by Crippen LogP contribution is 2.30. The largest absolute Gasteiger partial charge is 0.395 e. The maximum absolute atomic E-state index is 13.1. The number of rotatable bonds is 10. The van der Waals surface area contributed by atoms with Crippen LogP contribution in [0.2, 0.25) is 0 Å². The van der Waals surface area contributed by atoms with Gasteiger partial charge in [-0.3, -0.25) is 9.59 Å². The maximum atomic E-state index is 13.1. The third-order valence-corrected chi connectivity index (χ3v) is 8.69. The van der Waals surface area contributed by atoms with Crippen LogP contribution in [0.15, 0.2) is 46.2 Å². The SMILES string of the molecule is CC[C@H](CO)NS(=O)(=O)c1ccc2c(c1)C(=O)c1ccc(S(=O)(=O)N[C@H](CC)CO)cc1C2=O. The lowest BCUT2D eigenvalue weighted by Gasteiger charge is -2.20. The summed E-state index contributed by atoms with van der Waals surface area (Å²) in [5.41, 5.74) is -0.320. The Bertz CT molecular complexity index is 1230. The second-order valence-corrected chi connectivity index (χ2v) is 11.3. The van der Waals surface area contributed by atoms with E-state index in [1.54, 1.807) is 13.8 Å². The lowest BCUT2D eigenvalue weighted by Crippen LogP contribution is -2.37. The lowest BCUT2D eigenvalue weighted by atomic mass is 9.84. The first-order chi connectivity index (χ1) is 16.0. The molecule has 0 saturated carbocycles. The number of carbonyl (C=O) groups excluding carboxylic acids is 2. The van der Waals surface area contributed by atoms with Gasteiger partial charge in [-0.05, 0) is 49.2 Å². The zero-order chi connectivity index (χ0) is 25.3. The summed E-state index contributed by atoms with van der Waals surface area (Å²) >= 11 is 0. The standard InChI is InChI=1S/C22H26N2O8S2/c1-3-13(11-25)23-33(29,30)15-5-7-17-19(9-15)21(27)18-8-6-16(10-20(18)22(17)28)34(31,32)24-14(4-2)12-26/h5-10,13-14,23-26H,3-4,11-12H2,1-2H3/t13-,14-/m1/s1. The molecule has 34 heavy (non-hydrogen) atoms. The van der Waals surface area contributed by atoms with Gasteiger partial charge < -0.3 is 10.2 Å². The highest BCUT2D eigenvalue weighted by atomic mass is 32.2. The van der Waals surface area contributed by atoms with E-state index in [1.165, 1.54) is 24.3 Å². The molecule has 3 rings (SSSR count). The van der Waals surface area contributed by atoms with Gasteiger partial charge >= 0.3 is 0 Å². The summed E-state index contributed by atoms with van der Waals surface area (Å²) in [7, 11) is -8.12. The summed E-state index contributed by atoms with van der Waals surface area (Å²) in [6.07, 6.45) is 0.700. The number of benzene rings is 2. The topological polar surface area (TPSA) is 167 Å². The van der Waals surface area contributed by atoms with Crippen LogP contribution in [-0.2, 0) is 20.0 Å². The van der Waals surface area contributed by atoms with E-state index in [4.69, 9.17) is 0 Å². The molecule has 2 aromatic carbocycles. The number of aliphatic hydroxyl groups is 2. The summed E-state index contributed by atoms with van der Waals surface area (Å²) < 4.78 is 55.3. The van der Waals surface area contributed by atoms with E-state index in [1.807, 2.05) is 0 Å². The molecule has 0 saturated heterocycles. The second-order valence-electron chi connectivity index (χ2n) is 7.89. The third kappa shape index (κ3) is 4.97. The van der Waals surface area contributed by atoms with Gasteiger partial charge in [0.05, 0.1) is 23.0 Å². The Hall–Kier alpha value is -2.48. The van der Waals surface area contributed by atoms with Crippen molar-refractivity contribution in [3.8, 4) is 0 Å². The van der Waals surface area contributed by atoms with Gasteiger partial charge in [0, 0.05) is 34.3 Å². The highest BCUT2D eigenvalue weighted by molar-refractivity contribution is 7.89. The van der Waals surface area contributed by atoms with Crippen LogP contribution in [0.1, 0.15) is 58.5 Å². The summed E-state index contributed by atoms with van der Waals surface area (Å²) in [6, 6.07) is 5.58. The van der Waals surface area contributed by atoms with Crippen molar-refractivity contribution in [2.45, 2.75) is 48.6 Å². The highest BCUT2D eigenvalue weighted by Gasteiger charge is 2.33. The smallest absolute Gasteiger partial charge is 0.240 e. The van der Waals surface area contributed by atoms with Crippen molar-refractivity contribution in [2.24, 2.45) is 0 Å². The molecule has 0 aliphatic heterocycles. The van der Waals surface area contributed by atoms with Gasteiger partial charge in [-0.15, -0.1) is 0 Å². The molecule has 4 N–H and O–H groups in total. The minimum Gasteiger partial charge on any atom is -0.395 e. The van der Waals surface area contributed by atoms with E-state index in [0.717, 1.165) is 12.1 Å².